The predicted molar refractivity (Wildman–Crippen MR) is 61.0 cm³/mol. The van der Waals surface area contributed by atoms with E-state index >= 15 is 0 Å². The molecule has 0 atom stereocenters. The topological polar surface area (TPSA) is 49.8 Å². The zero-order chi connectivity index (χ0) is 11.5. The summed E-state index contributed by atoms with van der Waals surface area (Å²) < 4.78 is 13.9. The number of nitriles is 1. The van der Waals surface area contributed by atoms with Crippen LogP contribution in [0.3, 0.4) is 0 Å². The molecule has 0 amide bonds. The summed E-state index contributed by atoms with van der Waals surface area (Å²) in [4.78, 5) is 0. The number of hydrogen-bond donors (Lipinski definition) is 1. The minimum Gasteiger partial charge on any atom is -0.395 e. The minimum absolute atomic E-state index is 0.0937. The highest BCUT2D eigenvalue weighted by atomic mass is 19.1. The number of rotatable bonds is 1. The van der Waals surface area contributed by atoms with E-state index in [0.717, 1.165) is 5.56 Å². The zero-order valence-electron chi connectivity index (χ0n) is 8.44. The van der Waals surface area contributed by atoms with E-state index < -0.39 is 5.82 Å². The molecule has 0 fully saturated rings. The zero-order valence-corrected chi connectivity index (χ0v) is 8.44. The fourth-order valence-corrected chi connectivity index (χ4v) is 1.53. The second-order valence-electron chi connectivity index (χ2n) is 3.37. The summed E-state index contributed by atoms with van der Waals surface area (Å²) in [5.41, 5.74) is 6.76. The lowest BCUT2D eigenvalue weighted by atomic mass is 10.0. The standard InChI is InChI=1S/C13H9FN2/c14-12-11(9-4-2-1-3-5-9)7-6-10(8-15)13(12)16/h1-7H,16H2. The van der Waals surface area contributed by atoms with Crippen LogP contribution < -0.4 is 5.73 Å². The first-order valence-corrected chi connectivity index (χ1v) is 4.77. The van der Waals surface area contributed by atoms with Crippen molar-refractivity contribution in [3.63, 3.8) is 0 Å². The van der Waals surface area contributed by atoms with Crippen LogP contribution >= 0.6 is 0 Å². The SMILES string of the molecule is N#Cc1ccc(-c2ccccc2)c(F)c1N. The Morgan fingerprint density at radius 1 is 1.06 bits per heavy atom. The maximum Gasteiger partial charge on any atom is 0.155 e. The van der Waals surface area contributed by atoms with Crippen LogP contribution in [-0.2, 0) is 0 Å². The van der Waals surface area contributed by atoms with Gasteiger partial charge in [0.15, 0.2) is 5.82 Å². The van der Waals surface area contributed by atoms with Crippen molar-refractivity contribution in [2.45, 2.75) is 0 Å². The van der Waals surface area contributed by atoms with Crippen molar-refractivity contribution in [3.05, 3.63) is 53.8 Å². The quantitative estimate of drug-likeness (QED) is 0.739. The molecule has 2 aromatic rings. The van der Waals surface area contributed by atoms with Crippen molar-refractivity contribution < 1.29 is 4.39 Å². The number of nitrogens with zero attached hydrogens (tertiary/aromatic N) is 1. The molecule has 0 aliphatic rings. The monoisotopic (exact) mass is 212 g/mol. The third-order valence-corrected chi connectivity index (χ3v) is 2.39. The van der Waals surface area contributed by atoms with Gasteiger partial charge in [-0.15, -0.1) is 0 Å². The first-order chi connectivity index (χ1) is 7.74. The van der Waals surface area contributed by atoms with E-state index in [0.29, 0.717) is 5.56 Å². The molecule has 78 valence electrons. The molecule has 0 saturated heterocycles. The lowest BCUT2D eigenvalue weighted by Crippen LogP contribution is -1.97. The average Bonchev–Trinajstić information content (AvgIpc) is 2.34. The first-order valence-electron chi connectivity index (χ1n) is 4.77. The summed E-state index contributed by atoms with van der Waals surface area (Å²) in [6.07, 6.45) is 0. The number of nitrogens with two attached hydrogens (primary N) is 1. The maximum atomic E-state index is 13.9. The lowest BCUT2D eigenvalue weighted by molar-refractivity contribution is 0.635. The van der Waals surface area contributed by atoms with E-state index in [-0.39, 0.29) is 11.3 Å². The minimum atomic E-state index is -0.537. The third kappa shape index (κ3) is 1.61. The van der Waals surface area contributed by atoms with Crippen LogP contribution in [0.15, 0.2) is 42.5 Å². The summed E-state index contributed by atoms with van der Waals surface area (Å²) in [5.74, 6) is -0.537. The van der Waals surface area contributed by atoms with Crippen molar-refractivity contribution in [1.29, 1.82) is 5.26 Å². The highest BCUT2D eigenvalue weighted by Crippen LogP contribution is 2.28. The number of halogens is 1. The molecule has 0 spiro atoms. The van der Waals surface area contributed by atoms with Crippen molar-refractivity contribution in [1.82, 2.24) is 0 Å². The van der Waals surface area contributed by atoms with Gasteiger partial charge in [-0.1, -0.05) is 30.3 Å². The Kier molecular flexibility index (Phi) is 2.57. The second-order valence-corrected chi connectivity index (χ2v) is 3.37. The molecule has 0 bridgehead atoms. The lowest BCUT2D eigenvalue weighted by Gasteiger charge is -2.06. The van der Waals surface area contributed by atoms with Crippen LogP contribution in [0, 0.1) is 17.1 Å². The van der Waals surface area contributed by atoms with Gasteiger partial charge in [-0.2, -0.15) is 5.26 Å². The summed E-state index contributed by atoms with van der Waals surface area (Å²) in [7, 11) is 0. The fraction of sp³-hybridized carbons (Fsp3) is 0. The first kappa shape index (κ1) is 10.2. The van der Waals surface area contributed by atoms with E-state index in [9.17, 15) is 4.39 Å². The van der Waals surface area contributed by atoms with Gasteiger partial charge in [-0.3, -0.25) is 0 Å². The molecule has 2 nitrogen and oxygen atoms in total. The van der Waals surface area contributed by atoms with Gasteiger partial charge in [0, 0.05) is 5.56 Å². The Morgan fingerprint density at radius 3 is 2.38 bits per heavy atom. The number of benzene rings is 2. The van der Waals surface area contributed by atoms with Gasteiger partial charge in [0.2, 0.25) is 0 Å². The van der Waals surface area contributed by atoms with Crippen molar-refractivity contribution >= 4 is 5.69 Å². The second kappa shape index (κ2) is 4.03. The van der Waals surface area contributed by atoms with Crippen LogP contribution in [0.1, 0.15) is 5.56 Å². The molecule has 0 radical (unpaired) electrons. The van der Waals surface area contributed by atoms with Gasteiger partial charge in [0.05, 0.1) is 11.3 Å². The Hall–Kier alpha value is -2.34. The molecule has 16 heavy (non-hydrogen) atoms. The van der Waals surface area contributed by atoms with Gasteiger partial charge < -0.3 is 5.73 Å². The van der Waals surface area contributed by atoms with Crippen molar-refractivity contribution in [2.75, 3.05) is 5.73 Å². The molecule has 0 aliphatic heterocycles. The van der Waals surface area contributed by atoms with E-state index in [2.05, 4.69) is 0 Å². The largest absolute Gasteiger partial charge is 0.395 e. The van der Waals surface area contributed by atoms with E-state index in [1.165, 1.54) is 6.07 Å². The number of nitrogen functional groups attached to an aromatic ring is 1. The molecular weight excluding hydrogens is 203 g/mol. The Balaban J connectivity index is 2.62. The number of hydrogen-bond acceptors (Lipinski definition) is 2. The van der Waals surface area contributed by atoms with Gasteiger partial charge >= 0.3 is 0 Å². The normalized spacial score (nSPS) is 9.75. The van der Waals surface area contributed by atoms with Gasteiger partial charge in [0.25, 0.3) is 0 Å². The smallest absolute Gasteiger partial charge is 0.155 e. The molecule has 0 aromatic heterocycles. The molecule has 0 unspecified atom stereocenters. The molecular formula is C13H9FN2. The summed E-state index contributed by atoms with van der Waals surface area (Å²) in [6.45, 7) is 0. The highest BCUT2D eigenvalue weighted by Gasteiger charge is 2.11. The fourth-order valence-electron chi connectivity index (χ4n) is 1.53. The maximum absolute atomic E-state index is 13.9. The number of anilines is 1. The summed E-state index contributed by atoms with van der Waals surface area (Å²) in [6, 6.07) is 14.0. The van der Waals surface area contributed by atoms with E-state index in [1.807, 2.05) is 24.3 Å². The van der Waals surface area contributed by atoms with Crippen molar-refractivity contribution in [2.24, 2.45) is 0 Å². The molecule has 0 saturated carbocycles. The van der Waals surface area contributed by atoms with E-state index in [4.69, 9.17) is 11.0 Å². The van der Waals surface area contributed by atoms with Gasteiger partial charge in [-0.25, -0.2) is 4.39 Å². The van der Waals surface area contributed by atoms with Crippen molar-refractivity contribution in [3.8, 4) is 17.2 Å². The van der Waals surface area contributed by atoms with Crippen LogP contribution in [0.4, 0.5) is 10.1 Å². The molecule has 2 aromatic carbocycles. The predicted octanol–water partition coefficient (Wildman–Crippen LogP) is 2.95. The molecule has 0 aliphatic carbocycles. The third-order valence-electron chi connectivity index (χ3n) is 2.39. The van der Waals surface area contributed by atoms with Crippen LogP contribution in [0.2, 0.25) is 0 Å². The molecule has 2 rings (SSSR count). The van der Waals surface area contributed by atoms with Crippen LogP contribution in [0.25, 0.3) is 11.1 Å². The Bertz CT molecular complexity index is 556. The summed E-state index contributed by atoms with van der Waals surface area (Å²) in [5, 5.41) is 8.71. The molecule has 3 heteroatoms. The van der Waals surface area contributed by atoms with Crippen LogP contribution in [-0.4, -0.2) is 0 Å². The van der Waals surface area contributed by atoms with Crippen LogP contribution in [0.5, 0.6) is 0 Å². The molecule has 2 N–H and O–H groups in total. The average molecular weight is 212 g/mol. The highest BCUT2D eigenvalue weighted by molar-refractivity contribution is 5.71. The van der Waals surface area contributed by atoms with Gasteiger partial charge in [0.1, 0.15) is 6.07 Å². The van der Waals surface area contributed by atoms with Gasteiger partial charge in [-0.05, 0) is 17.7 Å². The Morgan fingerprint density at radius 2 is 1.75 bits per heavy atom. The molecule has 0 heterocycles. The van der Waals surface area contributed by atoms with E-state index in [1.54, 1.807) is 18.2 Å². The Labute approximate surface area is 92.8 Å². The summed E-state index contributed by atoms with van der Waals surface area (Å²) >= 11 is 0.